The van der Waals surface area contributed by atoms with Gasteiger partial charge in [0.05, 0.1) is 17.6 Å². The van der Waals surface area contributed by atoms with Crippen LogP contribution in [0, 0.1) is 0 Å². The third kappa shape index (κ3) is 3.03. The van der Waals surface area contributed by atoms with E-state index < -0.39 is 0 Å². The quantitative estimate of drug-likeness (QED) is 0.830. The van der Waals surface area contributed by atoms with E-state index in [1.807, 2.05) is 12.1 Å². The van der Waals surface area contributed by atoms with Crippen LogP contribution in [0.4, 0.5) is 0 Å². The summed E-state index contributed by atoms with van der Waals surface area (Å²) in [6.45, 7) is 0.562. The summed E-state index contributed by atoms with van der Waals surface area (Å²) in [5, 5.41) is 1.52. The molecule has 108 valence electrons. The van der Waals surface area contributed by atoms with Gasteiger partial charge in [0, 0.05) is 17.6 Å². The molecule has 0 saturated heterocycles. The van der Waals surface area contributed by atoms with Crippen molar-refractivity contribution >= 4 is 22.5 Å². The lowest BCUT2D eigenvalue weighted by Gasteiger charge is -2.14. The molecule has 0 aliphatic heterocycles. The zero-order valence-corrected chi connectivity index (χ0v) is 12.6. The van der Waals surface area contributed by atoms with Gasteiger partial charge < -0.3 is 9.47 Å². The minimum absolute atomic E-state index is 0.562. The summed E-state index contributed by atoms with van der Waals surface area (Å²) in [7, 11) is 1.63. The molecule has 1 aromatic heterocycles. The van der Waals surface area contributed by atoms with Crippen molar-refractivity contribution in [2.75, 3.05) is 13.7 Å². The molecule has 4 heteroatoms. The molecule has 21 heavy (non-hydrogen) atoms. The average Bonchev–Trinajstić information content (AvgIpc) is 2.53. The lowest BCUT2D eigenvalue weighted by atomic mass is 10.1. The van der Waals surface area contributed by atoms with Gasteiger partial charge in [0.2, 0.25) is 0 Å². The number of benzene rings is 1. The highest BCUT2D eigenvalue weighted by Crippen LogP contribution is 2.34. The number of halogens is 1. The Morgan fingerprint density at radius 1 is 1.29 bits per heavy atom. The first-order valence-corrected chi connectivity index (χ1v) is 7.25. The molecule has 1 heterocycles. The highest BCUT2D eigenvalue weighted by Gasteiger charge is 2.11. The van der Waals surface area contributed by atoms with Crippen LogP contribution in [0.25, 0.3) is 10.9 Å². The molecule has 3 rings (SSSR count). The van der Waals surface area contributed by atoms with Crippen LogP contribution in [0.5, 0.6) is 11.5 Å². The second kappa shape index (κ2) is 6.19. The maximum Gasteiger partial charge on any atom is 0.163 e. The first kappa shape index (κ1) is 14.0. The summed E-state index contributed by atoms with van der Waals surface area (Å²) >= 11 is 6.18. The number of rotatable bonds is 4. The van der Waals surface area contributed by atoms with Crippen LogP contribution in [0.3, 0.4) is 0 Å². The van der Waals surface area contributed by atoms with Crippen molar-refractivity contribution in [1.29, 1.82) is 0 Å². The van der Waals surface area contributed by atoms with Crippen LogP contribution in [-0.4, -0.2) is 18.7 Å². The van der Waals surface area contributed by atoms with Crippen LogP contribution in [-0.2, 0) is 0 Å². The molecule has 3 nitrogen and oxygen atoms in total. The van der Waals surface area contributed by atoms with Crippen LogP contribution in [0.2, 0.25) is 5.02 Å². The highest BCUT2D eigenvalue weighted by molar-refractivity contribution is 6.35. The average molecular weight is 302 g/mol. The summed E-state index contributed by atoms with van der Waals surface area (Å²) in [5.74, 6) is 1.36. The van der Waals surface area contributed by atoms with E-state index in [0.717, 1.165) is 23.7 Å². The maximum absolute atomic E-state index is 6.18. The van der Waals surface area contributed by atoms with E-state index in [1.54, 1.807) is 19.4 Å². The Balaban J connectivity index is 1.90. The number of fused-ring (bicyclic) bond motifs is 1. The fourth-order valence-corrected chi connectivity index (χ4v) is 2.54. The Bertz CT molecular complexity index is 722. The van der Waals surface area contributed by atoms with E-state index in [1.165, 1.54) is 5.57 Å². The summed E-state index contributed by atoms with van der Waals surface area (Å²) in [4.78, 5) is 4.33. The molecule has 1 aliphatic carbocycles. The van der Waals surface area contributed by atoms with Crippen LogP contribution >= 0.6 is 11.6 Å². The molecule has 1 aliphatic rings. The molecule has 0 atom stereocenters. The standard InChI is InChI=1S/C17H16ClNO2/c1-20-16-9-13-14(18)7-8-19-15(13)10-17(16)21-11-12-5-3-2-4-6-12/h2-3,5,7-10H,4,6,11H2,1H3. The van der Waals surface area contributed by atoms with E-state index in [9.17, 15) is 0 Å². The zero-order valence-electron chi connectivity index (χ0n) is 11.8. The molecular formula is C17H16ClNO2. The van der Waals surface area contributed by atoms with Gasteiger partial charge in [-0.05, 0) is 30.5 Å². The molecule has 1 aromatic carbocycles. The number of nitrogens with zero attached hydrogens (tertiary/aromatic N) is 1. The summed E-state index contributed by atoms with van der Waals surface area (Å²) < 4.78 is 11.3. The molecule has 0 bridgehead atoms. The number of hydrogen-bond donors (Lipinski definition) is 0. The summed E-state index contributed by atoms with van der Waals surface area (Å²) in [6.07, 6.45) is 10.1. The molecule has 0 spiro atoms. The largest absolute Gasteiger partial charge is 0.493 e. The van der Waals surface area contributed by atoms with Crippen LogP contribution < -0.4 is 9.47 Å². The van der Waals surface area contributed by atoms with Crippen molar-refractivity contribution < 1.29 is 9.47 Å². The van der Waals surface area contributed by atoms with Gasteiger partial charge in [0.1, 0.15) is 6.61 Å². The van der Waals surface area contributed by atoms with Gasteiger partial charge in [0.15, 0.2) is 11.5 Å². The van der Waals surface area contributed by atoms with Gasteiger partial charge >= 0.3 is 0 Å². The lowest BCUT2D eigenvalue weighted by molar-refractivity contribution is 0.317. The van der Waals surface area contributed by atoms with Crippen molar-refractivity contribution in [3.8, 4) is 11.5 Å². The van der Waals surface area contributed by atoms with Crippen molar-refractivity contribution in [2.24, 2.45) is 0 Å². The van der Waals surface area contributed by atoms with Crippen LogP contribution in [0.15, 0.2) is 48.2 Å². The fourth-order valence-electron chi connectivity index (χ4n) is 2.34. The molecule has 0 N–H and O–H groups in total. The van der Waals surface area contributed by atoms with Gasteiger partial charge in [-0.25, -0.2) is 0 Å². The van der Waals surface area contributed by atoms with E-state index in [4.69, 9.17) is 21.1 Å². The number of allylic oxidation sites excluding steroid dienone is 3. The van der Waals surface area contributed by atoms with Gasteiger partial charge in [-0.3, -0.25) is 4.98 Å². The number of pyridine rings is 1. The van der Waals surface area contributed by atoms with Crippen molar-refractivity contribution in [3.63, 3.8) is 0 Å². The predicted molar refractivity (Wildman–Crippen MR) is 85.3 cm³/mol. The highest BCUT2D eigenvalue weighted by atomic mass is 35.5. The Labute approximate surface area is 128 Å². The van der Waals surface area contributed by atoms with Crippen molar-refractivity contribution in [3.05, 3.63) is 53.2 Å². The minimum atomic E-state index is 0.562. The predicted octanol–water partition coefficient (Wildman–Crippen LogP) is 4.55. The topological polar surface area (TPSA) is 31.4 Å². The zero-order chi connectivity index (χ0) is 14.7. The van der Waals surface area contributed by atoms with E-state index >= 15 is 0 Å². The Hall–Kier alpha value is -2.00. The molecule has 2 aromatic rings. The first-order valence-electron chi connectivity index (χ1n) is 6.87. The Morgan fingerprint density at radius 2 is 2.19 bits per heavy atom. The number of aromatic nitrogens is 1. The molecule has 0 amide bonds. The normalized spacial score (nSPS) is 14.1. The SMILES string of the molecule is COc1cc2c(Cl)ccnc2cc1OCC1=CC=CCC1. The van der Waals surface area contributed by atoms with Crippen LogP contribution in [0.1, 0.15) is 12.8 Å². The smallest absolute Gasteiger partial charge is 0.163 e. The first-order chi connectivity index (χ1) is 10.3. The fraction of sp³-hybridized carbons (Fsp3) is 0.235. The second-order valence-electron chi connectivity index (χ2n) is 4.89. The molecule has 0 saturated carbocycles. The molecule has 0 unspecified atom stereocenters. The molecular weight excluding hydrogens is 286 g/mol. The van der Waals surface area contributed by atoms with Gasteiger partial charge in [-0.1, -0.05) is 29.8 Å². The summed E-state index contributed by atoms with van der Waals surface area (Å²) in [5.41, 5.74) is 2.08. The third-order valence-electron chi connectivity index (χ3n) is 3.49. The second-order valence-corrected chi connectivity index (χ2v) is 5.30. The minimum Gasteiger partial charge on any atom is -0.493 e. The van der Waals surface area contributed by atoms with Gasteiger partial charge in [-0.15, -0.1) is 0 Å². The Kier molecular flexibility index (Phi) is 4.11. The monoisotopic (exact) mass is 301 g/mol. The van der Waals surface area contributed by atoms with Gasteiger partial charge in [0.25, 0.3) is 0 Å². The number of hydrogen-bond acceptors (Lipinski definition) is 3. The van der Waals surface area contributed by atoms with Crippen molar-refractivity contribution in [1.82, 2.24) is 4.98 Å². The van der Waals surface area contributed by atoms with Crippen molar-refractivity contribution in [2.45, 2.75) is 12.8 Å². The maximum atomic E-state index is 6.18. The van der Waals surface area contributed by atoms with E-state index in [0.29, 0.717) is 23.1 Å². The molecule has 0 fully saturated rings. The van der Waals surface area contributed by atoms with Gasteiger partial charge in [-0.2, -0.15) is 0 Å². The lowest BCUT2D eigenvalue weighted by Crippen LogP contribution is -2.04. The summed E-state index contributed by atoms with van der Waals surface area (Å²) in [6, 6.07) is 5.51. The Morgan fingerprint density at radius 3 is 2.95 bits per heavy atom. The number of ether oxygens (including phenoxy) is 2. The third-order valence-corrected chi connectivity index (χ3v) is 3.82. The van der Waals surface area contributed by atoms with E-state index in [-0.39, 0.29) is 0 Å². The number of methoxy groups -OCH3 is 1. The van der Waals surface area contributed by atoms with E-state index in [2.05, 4.69) is 23.2 Å². The molecule has 0 radical (unpaired) electrons.